The van der Waals surface area contributed by atoms with Gasteiger partial charge in [0.2, 0.25) is 0 Å². The quantitative estimate of drug-likeness (QED) is 0.687. The summed E-state index contributed by atoms with van der Waals surface area (Å²) in [5.41, 5.74) is 0.999. The van der Waals surface area contributed by atoms with E-state index >= 15 is 0 Å². The van der Waals surface area contributed by atoms with Crippen LogP contribution in [0.3, 0.4) is 0 Å². The number of aromatic nitrogens is 4. The fraction of sp³-hybridized carbons (Fsp3) is 0.333. The fourth-order valence-corrected chi connectivity index (χ4v) is 3.55. The van der Waals surface area contributed by atoms with Gasteiger partial charge in [-0.1, -0.05) is 11.6 Å². The molecule has 0 aliphatic heterocycles. The molecule has 0 spiro atoms. The van der Waals surface area contributed by atoms with Crippen molar-refractivity contribution in [2.45, 2.75) is 6.42 Å². The number of methoxy groups -OCH3 is 2. The van der Waals surface area contributed by atoms with Crippen molar-refractivity contribution in [2.24, 2.45) is 7.05 Å². The molecule has 0 saturated heterocycles. The van der Waals surface area contributed by atoms with Crippen molar-refractivity contribution in [3.8, 4) is 17.3 Å². The van der Waals surface area contributed by atoms with Crippen molar-refractivity contribution in [3.05, 3.63) is 27.2 Å². The van der Waals surface area contributed by atoms with Gasteiger partial charge in [0.1, 0.15) is 22.3 Å². The summed E-state index contributed by atoms with van der Waals surface area (Å²) in [5.74, 6) is 0.882. The van der Waals surface area contributed by atoms with Crippen LogP contribution in [-0.4, -0.2) is 40.6 Å². The van der Waals surface area contributed by atoms with E-state index in [0.717, 1.165) is 0 Å². The summed E-state index contributed by atoms with van der Waals surface area (Å²) < 4.78 is 27.2. The zero-order valence-corrected chi connectivity index (χ0v) is 15.6. The Morgan fingerprint density at radius 3 is 2.83 bits per heavy atom. The minimum Gasteiger partial charge on any atom is -0.495 e. The monoisotopic (exact) mass is 416 g/mol. The molecule has 2 heterocycles. The molecule has 6 nitrogen and oxygen atoms in total. The highest BCUT2D eigenvalue weighted by molar-refractivity contribution is 9.10. The SMILES string of the molecule is COCCc1nc(-c2c(Br)c3cc(OC)c(Cl)c(F)c3n2C)n[nH]1. The summed E-state index contributed by atoms with van der Waals surface area (Å²) >= 11 is 9.55. The van der Waals surface area contributed by atoms with E-state index < -0.39 is 5.82 Å². The molecule has 0 saturated carbocycles. The number of aryl methyl sites for hydroxylation is 1. The molecule has 128 valence electrons. The number of rotatable bonds is 5. The van der Waals surface area contributed by atoms with Gasteiger partial charge in [-0.3, -0.25) is 5.10 Å². The number of H-pyrrole nitrogens is 1. The summed E-state index contributed by atoms with van der Waals surface area (Å²) in [7, 11) is 4.80. The zero-order chi connectivity index (χ0) is 17.4. The highest BCUT2D eigenvalue weighted by Crippen LogP contribution is 2.42. The van der Waals surface area contributed by atoms with Gasteiger partial charge in [-0.15, -0.1) is 0 Å². The van der Waals surface area contributed by atoms with E-state index in [0.29, 0.717) is 45.7 Å². The second kappa shape index (κ2) is 6.70. The molecular weight excluding hydrogens is 403 g/mol. The number of hydrogen-bond acceptors (Lipinski definition) is 4. The van der Waals surface area contributed by atoms with Crippen LogP contribution in [-0.2, 0) is 18.2 Å². The lowest BCUT2D eigenvalue weighted by atomic mass is 10.2. The van der Waals surface area contributed by atoms with E-state index in [1.54, 1.807) is 24.8 Å². The van der Waals surface area contributed by atoms with Crippen molar-refractivity contribution in [1.82, 2.24) is 19.7 Å². The van der Waals surface area contributed by atoms with Gasteiger partial charge in [0, 0.05) is 26.0 Å². The van der Waals surface area contributed by atoms with E-state index in [-0.39, 0.29) is 10.8 Å². The summed E-state index contributed by atoms with van der Waals surface area (Å²) in [5, 5.41) is 7.67. The third-order valence-electron chi connectivity index (χ3n) is 3.77. The minimum atomic E-state index is -0.546. The number of halogens is 3. The molecule has 9 heteroatoms. The van der Waals surface area contributed by atoms with Gasteiger partial charge >= 0.3 is 0 Å². The number of fused-ring (bicyclic) bond motifs is 1. The first-order valence-electron chi connectivity index (χ1n) is 7.10. The summed E-state index contributed by atoms with van der Waals surface area (Å²) in [6.07, 6.45) is 0.610. The summed E-state index contributed by atoms with van der Waals surface area (Å²) in [6, 6.07) is 1.69. The van der Waals surface area contributed by atoms with Crippen LogP contribution in [0.5, 0.6) is 5.75 Å². The van der Waals surface area contributed by atoms with Crippen molar-refractivity contribution < 1.29 is 13.9 Å². The number of nitrogens with zero attached hydrogens (tertiary/aromatic N) is 3. The Labute approximate surface area is 151 Å². The lowest BCUT2D eigenvalue weighted by Gasteiger charge is -2.06. The lowest BCUT2D eigenvalue weighted by Crippen LogP contribution is -1.97. The smallest absolute Gasteiger partial charge is 0.198 e. The molecule has 0 radical (unpaired) electrons. The van der Waals surface area contributed by atoms with E-state index in [4.69, 9.17) is 21.1 Å². The first-order valence-corrected chi connectivity index (χ1v) is 8.27. The van der Waals surface area contributed by atoms with E-state index in [1.807, 2.05) is 0 Å². The number of hydrogen-bond donors (Lipinski definition) is 1. The van der Waals surface area contributed by atoms with Gasteiger partial charge in [-0.25, -0.2) is 9.37 Å². The maximum Gasteiger partial charge on any atom is 0.198 e. The van der Waals surface area contributed by atoms with E-state index in [9.17, 15) is 4.39 Å². The second-order valence-corrected chi connectivity index (χ2v) is 6.34. The maximum absolute atomic E-state index is 14.7. The molecule has 0 unspecified atom stereocenters. The van der Waals surface area contributed by atoms with Crippen molar-refractivity contribution >= 4 is 38.4 Å². The van der Waals surface area contributed by atoms with Crippen LogP contribution in [0.2, 0.25) is 5.02 Å². The van der Waals surface area contributed by atoms with Gasteiger partial charge in [-0.05, 0) is 22.0 Å². The number of ether oxygens (including phenoxy) is 2. The molecule has 0 aliphatic carbocycles. The van der Waals surface area contributed by atoms with Crippen molar-refractivity contribution in [3.63, 3.8) is 0 Å². The number of nitrogens with one attached hydrogen (secondary N) is 1. The highest BCUT2D eigenvalue weighted by atomic mass is 79.9. The average Bonchev–Trinajstić information content (AvgIpc) is 3.12. The van der Waals surface area contributed by atoms with Gasteiger partial charge in [0.15, 0.2) is 11.6 Å². The molecule has 3 rings (SSSR count). The van der Waals surface area contributed by atoms with E-state index in [2.05, 4.69) is 31.1 Å². The third-order valence-corrected chi connectivity index (χ3v) is 4.92. The second-order valence-electron chi connectivity index (χ2n) is 5.17. The van der Waals surface area contributed by atoms with Crippen LogP contribution in [0, 0.1) is 5.82 Å². The largest absolute Gasteiger partial charge is 0.495 e. The Morgan fingerprint density at radius 1 is 1.42 bits per heavy atom. The predicted molar refractivity (Wildman–Crippen MR) is 93.1 cm³/mol. The molecule has 0 fully saturated rings. The van der Waals surface area contributed by atoms with Crippen LogP contribution in [0.4, 0.5) is 4.39 Å². The Bertz CT molecular complexity index is 909. The fourth-order valence-electron chi connectivity index (χ4n) is 2.58. The van der Waals surface area contributed by atoms with Gasteiger partial charge in [0.25, 0.3) is 0 Å². The summed E-state index contributed by atoms with van der Waals surface area (Å²) in [4.78, 5) is 4.45. The average molecular weight is 418 g/mol. The highest BCUT2D eigenvalue weighted by Gasteiger charge is 2.24. The zero-order valence-electron chi connectivity index (χ0n) is 13.3. The Hall–Kier alpha value is -1.64. The van der Waals surface area contributed by atoms with Crippen LogP contribution in [0.1, 0.15) is 5.82 Å². The molecule has 0 amide bonds. The van der Waals surface area contributed by atoms with Crippen LogP contribution in [0.25, 0.3) is 22.4 Å². The Balaban J connectivity index is 2.19. The van der Waals surface area contributed by atoms with Crippen molar-refractivity contribution in [1.29, 1.82) is 0 Å². The minimum absolute atomic E-state index is 0.0552. The third kappa shape index (κ3) is 2.68. The molecule has 24 heavy (non-hydrogen) atoms. The molecule has 0 atom stereocenters. The first-order chi connectivity index (χ1) is 11.5. The molecule has 1 aromatic carbocycles. The standard InChI is InChI=1S/C15H15BrClFN4O2/c1-22-13-7(6-8(24-3)11(17)12(13)18)10(16)14(22)15-19-9(20-21-15)4-5-23-2/h6H,4-5H2,1-3H3,(H,19,20,21). The van der Waals surface area contributed by atoms with Crippen molar-refractivity contribution in [2.75, 3.05) is 20.8 Å². The molecular formula is C15H15BrClFN4O2. The maximum atomic E-state index is 14.7. The van der Waals surface area contributed by atoms with Gasteiger partial charge < -0.3 is 14.0 Å². The number of aromatic amines is 1. The normalized spacial score (nSPS) is 11.4. The topological polar surface area (TPSA) is 65.0 Å². The predicted octanol–water partition coefficient (Wildman–Crippen LogP) is 3.72. The first kappa shape index (κ1) is 17.2. The molecule has 0 bridgehead atoms. The molecule has 3 aromatic rings. The van der Waals surface area contributed by atoms with Gasteiger partial charge in [-0.2, -0.15) is 5.10 Å². The molecule has 2 aromatic heterocycles. The number of benzene rings is 1. The van der Waals surface area contributed by atoms with E-state index in [1.165, 1.54) is 7.11 Å². The van der Waals surface area contributed by atoms with Crippen LogP contribution >= 0.6 is 27.5 Å². The molecule has 1 N–H and O–H groups in total. The Morgan fingerprint density at radius 2 is 2.17 bits per heavy atom. The summed E-state index contributed by atoms with van der Waals surface area (Å²) in [6.45, 7) is 0.534. The van der Waals surface area contributed by atoms with Crippen LogP contribution < -0.4 is 4.74 Å². The van der Waals surface area contributed by atoms with Crippen LogP contribution in [0.15, 0.2) is 10.5 Å². The Kier molecular flexibility index (Phi) is 4.80. The lowest BCUT2D eigenvalue weighted by molar-refractivity contribution is 0.200. The van der Waals surface area contributed by atoms with Gasteiger partial charge in [0.05, 0.1) is 23.7 Å². The molecule has 0 aliphatic rings.